The second-order valence-corrected chi connectivity index (χ2v) is 8.73. The number of thioether (sulfide) groups is 1. The lowest BCUT2D eigenvalue weighted by atomic mass is 10.2. The van der Waals surface area contributed by atoms with Gasteiger partial charge in [-0.05, 0) is 55.5 Å². The number of halogens is 1. The summed E-state index contributed by atoms with van der Waals surface area (Å²) >= 11 is 2.78. The number of hydrogen-bond donors (Lipinski definition) is 1. The van der Waals surface area contributed by atoms with Gasteiger partial charge in [-0.2, -0.15) is 0 Å². The van der Waals surface area contributed by atoms with Crippen molar-refractivity contribution in [1.29, 1.82) is 0 Å². The van der Waals surface area contributed by atoms with Crippen molar-refractivity contribution >= 4 is 34.7 Å². The Morgan fingerprint density at radius 2 is 1.88 bits per heavy atom. The number of carbonyl (C=O) groups is 1. The summed E-state index contributed by atoms with van der Waals surface area (Å²) in [6, 6.07) is 17.2. The maximum absolute atomic E-state index is 13.2. The number of thiazole rings is 1. The third kappa shape index (κ3) is 5.12. The highest BCUT2D eigenvalue weighted by atomic mass is 32.2. The molecule has 0 radical (unpaired) electrons. The monoisotopic (exact) mass is 466 g/mol. The lowest BCUT2D eigenvalue weighted by molar-refractivity contribution is -0.113. The van der Waals surface area contributed by atoms with E-state index in [0.29, 0.717) is 22.2 Å². The molecule has 0 unspecified atom stereocenters. The molecule has 0 atom stereocenters. The fourth-order valence-electron chi connectivity index (χ4n) is 2.94. The van der Waals surface area contributed by atoms with E-state index >= 15 is 0 Å². The van der Waals surface area contributed by atoms with Gasteiger partial charge in [0.05, 0.1) is 29.1 Å². The minimum absolute atomic E-state index is 0.160. The van der Waals surface area contributed by atoms with Crippen LogP contribution in [-0.2, 0) is 4.79 Å². The predicted octanol–water partition coefficient (Wildman–Crippen LogP) is 5.45. The van der Waals surface area contributed by atoms with E-state index in [1.54, 1.807) is 31.4 Å². The number of rotatable bonds is 7. The lowest BCUT2D eigenvalue weighted by Crippen LogP contribution is -2.14. The van der Waals surface area contributed by atoms with Gasteiger partial charge in [0.25, 0.3) is 0 Å². The summed E-state index contributed by atoms with van der Waals surface area (Å²) in [6.45, 7) is 1.91. The highest BCUT2D eigenvalue weighted by molar-refractivity contribution is 7.99. The van der Waals surface area contributed by atoms with E-state index in [2.05, 4.69) is 20.5 Å². The van der Waals surface area contributed by atoms with Crippen molar-refractivity contribution in [3.63, 3.8) is 0 Å². The number of carbonyl (C=O) groups excluding carboxylic acids is 1. The molecule has 1 amide bonds. The number of amides is 1. The summed E-state index contributed by atoms with van der Waals surface area (Å²) in [5, 5.41) is 12.8. The molecule has 2 aromatic heterocycles. The molecule has 1 N–H and O–H groups in total. The van der Waals surface area contributed by atoms with E-state index in [1.165, 1.54) is 35.2 Å². The van der Waals surface area contributed by atoms with Crippen LogP contribution in [0.25, 0.3) is 21.1 Å². The lowest BCUT2D eigenvalue weighted by Gasteiger charge is -2.09. The Balaban J connectivity index is 1.40. The van der Waals surface area contributed by atoms with Gasteiger partial charge in [0.15, 0.2) is 0 Å². The highest BCUT2D eigenvalue weighted by Gasteiger charge is 2.14. The molecule has 0 aliphatic carbocycles. The standard InChI is InChI=1S/C23H19FN4O2S2/c1-14-22(32-23(25-14)15-7-9-16(24)10-8-15)18-11-12-21(28-27-18)31-13-20(29)26-17-5-3-4-6-19(17)30-2/h3-12H,13H2,1-2H3,(H,26,29). The zero-order chi connectivity index (χ0) is 22.5. The molecule has 0 fully saturated rings. The van der Waals surface area contributed by atoms with Gasteiger partial charge in [-0.1, -0.05) is 23.9 Å². The summed E-state index contributed by atoms with van der Waals surface area (Å²) in [5.41, 5.74) is 3.02. The Morgan fingerprint density at radius 1 is 1.09 bits per heavy atom. The topological polar surface area (TPSA) is 77.0 Å². The maximum atomic E-state index is 13.2. The normalized spacial score (nSPS) is 10.7. The molecule has 6 nitrogen and oxygen atoms in total. The van der Waals surface area contributed by atoms with Crippen LogP contribution in [0.2, 0.25) is 0 Å². The van der Waals surface area contributed by atoms with Crippen molar-refractivity contribution < 1.29 is 13.9 Å². The third-order valence-corrected chi connectivity index (χ3v) is 6.64. The van der Waals surface area contributed by atoms with Crippen molar-refractivity contribution in [1.82, 2.24) is 15.2 Å². The first kappa shape index (κ1) is 21.9. The second-order valence-electron chi connectivity index (χ2n) is 6.73. The van der Waals surface area contributed by atoms with Crippen LogP contribution in [0.4, 0.5) is 10.1 Å². The summed E-state index contributed by atoms with van der Waals surface area (Å²) in [7, 11) is 1.56. The van der Waals surface area contributed by atoms with Gasteiger partial charge >= 0.3 is 0 Å². The average molecular weight is 467 g/mol. The molecule has 0 aliphatic rings. The van der Waals surface area contributed by atoms with Gasteiger partial charge in [0.1, 0.15) is 27.3 Å². The van der Waals surface area contributed by atoms with E-state index in [-0.39, 0.29) is 17.5 Å². The number of anilines is 1. The van der Waals surface area contributed by atoms with Crippen molar-refractivity contribution in [2.24, 2.45) is 0 Å². The van der Waals surface area contributed by atoms with Crippen LogP contribution >= 0.6 is 23.1 Å². The Labute approximate surface area is 192 Å². The van der Waals surface area contributed by atoms with Gasteiger partial charge in [0.2, 0.25) is 5.91 Å². The van der Waals surface area contributed by atoms with Crippen LogP contribution in [-0.4, -0.2) is 34.0 Å². The number of aryl methyl sites for hydroxylation is 1. The molecule has 4 rings (SSSR count). The molecular formula is C23H19FN4O2S2. The number of aromatic nitrogens is 3. The number of nitrogens with one attached hydrogen (secondary N) is 1. The Kier molecular flexibility index (Phi) is 6.77. The first-order valence-corrected chi connectivity index (χ1v) is 11.5. The quantitative estimate of drug-likeness (QED) is 0.365. The first-order valence-electron chi connectivity index (χ1n) is 9.66. The molecule has 2 aromatic carbocycles. The van der Waals surface area contributed by atoms with Crippen molar-refractivity contribution in [2.45, 2.75) is 11.9 Å². The third-order valence-electron chi connectivity index (χ3n) is 4.49. The van der Waals surface area contributed by atoms with Gasteiger partial charge in [-0.15, -0.1) is 21.5 Å². The fourth-order valence-corrected chi connectivity index (χ4v) is 4.59. The molecule has 32 heavy (non-hydrogen) atoms. The predicted molar refractivity (Wildman–Crippen MR) is 126 cm³/mol. The highest BCUT2D eigenvalue weighted by Crippen LogP contribution is 2.34. The summed E-state index contributed by atoms with van der Waals surface area (Å²) in [6.07, 6.45) is 0. The molecule has 0 spiro atoms. The van der Waals surface area contributed by atoms with Crippen LogP contribution < -0.4 is 10.1 Å². The van der Waals surface area contributed by atoms with E-state index < -0.39 is 0 Å². The number of para-hydroxylation sites is 2. The zero-order valence-electron chi connectivity index (χ0n) is 17.3. The van der Waals surface area contributed by atoms with Crippen LogP contribution in [0.1, 0.15) is 5.69 Å². The van der Waals surface area contributed by atoms with Crippen LogP contribution in [0.5, 0.6) is 5.75 Å². The SMILES string of the molecule is COc1ccccc1NC(=O)CSc1ccc(-c2sc(-c3ccc(F)cc3)nc2C)nn1. The Morgan fingerprint density at radius 3 is 2.59 bits per heavy atom. The molecular weight excluding hydrogens is 447 g/mol. The van der Waals surface area contributed by atoms with Crippen LogP contribution in [0.15, 0.2) is 65.7 Å². The molecule has 0 bridgehead atoms. The molecule has 0 saturated heterocycles. The first-order chi connectivity index (χ1) is 15.5. The molecule has 9 heteroatoms. The fraction of sp³-hybridized carbons (Fsp3) is 0.130. The number of ether oxygens (including phenoxy) is 1. The van der Waals surface area contributed by atoms with Crippen molar-refractivity contribution in [2.75, 3.05) is 18.2 Å². The number of methoxy groups -OCH3 is 1. The molecule has 4 aromatic rings. The largest absolute Gasteiger partial charge is 0.495 e. The summed E-state index contributed by atoms with van der Waals surface area (Å²) in [5.74, 6) is 0.362. The van der Waals surface area contributed by atoms with E-state index in [0.717, 1.165) is 21.1 Å². The van der Waals surface area contributed by atoms with Gasteiger partial charge in [0, 0.05) is 5.56 Å². The summed E-state index contributed by atoms with van der Waals surface area (Å²) in [4.78, 5) is 17.8. The molecule has 2 heterocycles. The smallest absolute Gasteiger partial charge is 0.234 e. The minimum Gasteiger partial charge on any atom is -0.495 e. The molecule has 0 aliphatic heterocycles. The minimum atomic E-state index is -0.280. The molecule has 0 saturated carbocycles. The summed E-state index contributed by atoms with van der Waals surface area (Å²) < 4.78 is 18.4. The van der Waals surface area contributed by atoms with Crippen molar-refractivity contribution in [3.8, 4) is 26.9 Å². The molecule has 162 valence electrons. The van der Waals surface area contributed by atoms with Gasteiger partial charge < -0.3 is 10.1 Å². The Hall–Kier alpha value is -3.30. The zero-order valence-corrected chi connectivity index (χ0v) is 19.0. The number of hydrogen-bond acceptors (Lipinski definition) is 7. The number of nitrogens with zero attached hydrogens (tertiary/aromatic N) is 3. The Bertz CT molecular complexity index is 1230. The average Bonchev–Trinajstić information content (AvgIpc) is 3.20. The van der Waals surface area contributed by atoms with Gasteiger partial charge in [-0.3, -0.25) is 4.79 Å². The van der Waals surface area contributed by atoms with E-state index in [1.807, 2.05) is 31.2 Å². The second kappa shape index (κ2) is 9.88. The van der Waals surface area contributed by atoms with Gasteiger partial charge in [-0.25, -0.2) is 9.37 Å². The van der Waals surface area contributed by atoms with E-state index in [9.17, 15) is 9.18 Å². The van der Waals surface area contributed by atoms with Crippen molar-refractivity contribution in [3.05, 3.63) is 72.2 Å². The van der Waals surface area contributed by atoms with E-state index in [4.69, 9.17) is 4.74 Å². The number of benzene rings is 2. The van der Waals surface area contributed by atoms with Crippen LogP contribution in [0, 0.1) is 12.7 Å². The maximum Gasteiger partial charge on any atom is 0.234 e. The van der Waals surface area contributed by atoms with Crippen LogP contribution in [0.3, 0.4) is 0 Å².